The average molecular weight is 333 g/mol. The molecule has 0 radical (unpaired) electrons. The van der Waals surface area contributed by atoms with Crippen molar-refractivity contribution in [2.45, 2.75) is 26.4 Å². The van der Waals surface area contributed by atoms with E-state index in [0.717, 1.165) is 10.2 Å². The van der Waals surface area contributed by atoms with Crippen LogP contribution in [-0.4, -0.2) is 21.8 Å². The van der Waals surface area contributed by atoms with Crippen molar-refractivity contribution in [3.8, 4) is 0 Å². The molecule has 0 aliphatic carbocycles. The molecule has 0 aliphatic heterocycles. The first-order valence-electron chi connectivity index (χ1n) is 6.55. The average Bonchev–Trinajstić information content (AvgIpc) is 2.45. The molecule has 2 rings (SSSR count). The quantitative estimate of drug-likeness (QED) is 0.850. The van der Waals surface area contributed by atoms with Gasteiger partial charge in [0.2, 0.25) is 0 Å². The number of benzene rings is 1. The predicted molar refractivity (Wildman–Crippen MR) is 83.4 cm³/mol. The molecule has 0 bridgehead atoms. The van der Waals surface area contributed by atoms with Crippen molar-refractivity contribution in [3.05, 3.63) is 64.4 Å². The second kappa shape index (κ2) is 6.66. The maximum absolute atomic E-state index is 12.7. The van der Waals surface area contributed by atoms with E-state index in [1.54, 1.807) is 6.20 Å². The number of pyridine rings is 1. The number of carbonyl (C=O) groups is 1. The van der Waals surface area contributed by atoms with Crippen LogP contribution < -0.4 is 0 Å². The zero-order chi connectivity index (χ0) is 14.5. The first kappa shape index (κ1) is 14.7. The molecule has 20 heavy (non-hydrogen) atoms. The molecule has 0 spiro atoms. The van der Waals surface area contributed by atoms with Crippen LogP contribution in [0.25, 0.3) is 0 Å². The van der Waals surface area contributed by atoms with Gasteiger partial charge in [-0.15, -0.1) is 0 Å². The lowest BCUT2D eigenvalue weighted by atomic mass is 10.1. The SMILES string of the molecule is CC(C)N(Cc1ccccn1)C(=O)c1ccccc1Br. The third kappa shape index (κ3) is 3.45. The van der Waals surface area contributed by atoms with Crippen LogP contribution in [-0.2, 0) is 6.54 Å². The van der Waals surface area contributed by atoms with Crippen molar-refractivity contribution < 1.29 is 4.79 Å². The fourth-order valence-electron chi connectivity index (χ4n) is 1.94. The summed E-state index contributed by atoms with van der Waals surface area (Å²) in [6, 6.07) is 13.3. The van der Waals surface area contributed by atoms with Crippen LogP contribution in [0, 0.1) is 0 Å². The van der Waals surface area contributed by atoms with Gasteiger partial charge in [0.1, 0.15) is 0 Å². The maximum atomic E-state index is 12.7. The predicted octanol–water partition coefficient (Wildman–Crippen LogP) is 3.89. The molecule has 0 aliphatic rings. The van der Waals surface area contributed by atoms with Crippen LogP contribution in [0.15, 0.2) is 53.1 Å². The van der Waals surface area contributed by atoms with Gasteiger partial charge in [0.25, 0.3) is 5.91 Å². The van der Waals surface area contributed by atoms with Crippen LogP contribution in [0.1, 0.15) is 29.9 Å². The summed E-state index contributed by atoms with van der Waals surface area (Å²) in [7, 11) is 0. The number of halogens is 1. The number of aromatic nitrogens is 1. The Morgan fingerprint density at radius 1 is 1.20 bits per heavy atom. The lowest BCUT2D eigenvalue weighted by molar-refractivity contribution is 0.0687. The Balaban J connectivity index is 2.25. The van der Waals surface area contributed by atoms with Gasteiger partial charge in [-0.2, -0.15) is 0 Å². The Bertz CT molecular complexity index is 584. The molecule has 0 saturated heterocycles. The fourth-order valence-corrected chi connectivity index (χ4v) is 2.40. The molecule has 2 aromatic rings. The zero-order valence-corrected chi connectivity index (χ0v) is 13.2. The van der Waals surface area contributed by atoms with E-state index < -0.39 is 0 Å². The lowest BCUT2D eigenvalue weighted by Gasteiger charge is -2.27. The lowest BCUT2D eigenvalue weighted by Crippen LogP contribution is -2.36. The first-order valence-corrected chi connectivity index (χ1v) is 7.34. The van der Waals surface area contributed by atoms with Gasteiger partial charge in [-0.1, -0.05) is 18.2 Å². The minimum Gasteiger partial charge on any atom is -0.330 e. The van der Waals surface area contributed by atoms with Gasteiger partial charge in [-0.25, -0.2) is 0 Å². The third-order valence-electron chi connectivity index (χ3n) is 3.05. The summed E-state index contributed by atoms with van der Waals surface area (Å²) >= 11 is 3.44. The van der Waals surface area contributed by atoms with Crippen molar-refractivity contribution in [1.82, 2.24) is 9.88 Å². The number of amides is 1. The Morgan fingerprint density at radius 3 is 2.50 bits per heavy atom. The highest BCUT2D eigenvalue weighted by Gasteiger charge is 2.21. The highest BCUT2D eigenvalue weighted by molar-refractivity contribution is 9.10. The Hall–Kier alpha value is -1.68. The molecular formula is C16H17BrN2O. The molecule has 1 amide bonds. The van der Waals surface area contributed by atoms with E-state index in [2.05, 4.69) is 20.9 Å². The molecule has 0 atom stereocenters. The van der Waals surface area contributed by atoms with Gasteiger partial charge in [-0.3, -0.25) is 9.78 Å². The molecule has 1 aromatic carbocycles. The van der Waals surface area contributed by atoms with Gasteiger partial charge in [0.15, 0.2) is 0 Å². The largest absolute Gasteiger partial charge is 0.330 e. The smallest absolute Gasteiger partial charge is 0.255 e. The fraction of sp³-hybridized carbons (Fsp3) is 0.250. The van der Waals surface area contributed by atoms with Crippen molar-refractivity contribution in [3.63, 3.8) is 0 Å². The Labute approximate surface area is 127 Å². The second-order valence-corrected chi connectivity index (χ2v) is 5.68. The van der Waals surface area contributed by atoms with E-state index in [4.69, 9.17) is 0 Å². The van der Waals surface area contributed by atoms with Gasteiger partial charge < -0.3 is 4.90 Å². The highest BCUT2D eigenvalue weighted by Crippen LogP contribution is 2.20. The minimum absolute atomic E-state index is 0.0122. The summed E-state index contributed by atoms with van der Waals surface area (Å²) in [4.78, 5) is 18.8. The maximum Gasteiger partial charge on any atom is 0.255 e. The minimum atomic E-state index is 0.0122. The topological polar surface area (TPSA) is 33.2 Å². The van der Waals surface area contributed by atoms with Crippen LogP contribution in [0.5, 0.6) is 0 Å². The van der Waals surface area contributed by atoms with E-state index in [1.165, 1.54) is 0 Å². The summed E-state index contributed by atoms with van der Waals surface area (Å²) < 4.78 is 0.816. The van der Waals surface area contributed by atoms with Crippen LogP contribution >= 0.6 is 15.9 Å². The third-order valence-corrected chi connectivity index (χ3v) is 3.74. The van der Waals surface area contributed by atoms with E-state index >= 15 is 0 Å². The Kier molecular flexibility index (Phi) is 4.90. The van der Waals surface area contributed by atoms with Gasteiger partial charge in [-0.05, 0) is 54.0 Å². The van der Waals surface area contributed by atoms with E-state index in [-0.39, 0.29) is 11.9 Å². The first-order chi connectivity index (χ1) is 9.59. The molecule has 0 fully saturated rings. The van der Waals surface area contributed by atoms with E-state index in [9.17, 15) is 4.79 Å². The highest BCUT2D eigenvalue weighted by atomic mass is 79.9. The summed E-state index contributed by atoms with van der Waals surface area (Å²) in [5.41, 5.74) is 1.57. The zero-order valence-electron chi connectivity index (χ0n) is 11.6. The van der Waals surface area contributed by atoms with Crippen molar-refractivity contribution >= 4 is 21.8 Å². The summed E-state index contributed by atoms with van der Waals surface area (Å²) in [6.45, 7) is 4.54. The molecule has 104 valence electrons. The normalized spacial score (nSPS) is 10.6. The number of rotatable bonds is 4. The number of nitrogens with zero attached hydrogens (tertiary/aromatic N) is 2. The number of hydrogen-bond donors (Lipinski definition) is 0. The van der Waals surface area contributed by atoms with Crippen LogP contribution in [0.2, 0.25) is 0 Å². The summed E-state index contributed by atoms with van der Waals surface area (Å²) in [5.74, 6) is 0.0122. The Morgan fingerprint density at radius 2 is 1.90 bits per heavy atom. The molecular weight excluding hydrogens is 316 g/mol. The molecule has 3 nitrogen and oxygen atoms in total. The molecule has 1 heterocycles. The number of carbonyl (C=O) groups excluding carboxylic acids is 1. The molecule has 1 aromatic heterocycles. The number of hydrogen-bond acceptors (Lipinski definition) is 2. The van der Waals surface area contributed by atoms with Gasteiger partial charge >= 0.3 is 0 Å². The molecule has 4 heteroatoms. The van der Waals surface area contributed by atoms with Crippen LogP contribution in [0.4, 0.5) is 0 Å². The van der Waals surface area contributed by atoms with Crippen molar-refractivity contribution in [1.29, 1.82) is 0 Å². The summed E-state index contributed by atoms with van der Waals surface area (Å²) in [6.07, 6.45) is 1.75. The van der Waals surface area contributed by atoms with Gasteiger partial charge in [0, 0.05) is 16.7 Å². The molecule has 0 saturated carbocycles. The van der Waals surface area contributed by atoms with E-state index in [1.807, 2.05) is 61.2 Å². The standard InChI is InChI=1S/C16H17BrN2O/c1-12(2)19(11-13-7-5-6-10-18-13)16(20)14-8-3-4-9-15(14)17/h3-10,12H,11H2,1-2H3. The van der Waals surface area contributed by atoms with Crippen molar-refractivity contribution in [2.24, 2.45) is 0 Å². The van der Waals surface area contributed by atoms with E-state index in [0.29, 0.717) is 12.1 Å². The summed E-state index contributed by atoms with van der Waals surface area (Å²) in [5, 5.41) is 0. The molecule has 0 N–H and O–H groups in total. The second-order valence-electron chi connectivity index (χ2n) is 4.83. The molecule has 0 unspecified atom stereocenters. The van der Waals surface area contributed by atoms with Gasteiger partial charge in [0.05, 0.1) is 17.8 Å². The monoisotopic (exact) mass is 332 g/mol. The van der Waals surface area contributed by atoms with Crippen molar-refractivity contribution in [2.75, 3.05) is 0 Å². The van der Waals surface area contributed by atoms with Crippen LogP contribution in [0.3, 0.4) is 0 Å².